The Morgan fingerprint density at radius 3 is 2.30 bits per heavy atom. The molecule has 60 valence electrons. The third kappa shape index (κ3) is 7.70. The smallest absolute Gasteiger partial charge is 0.0626 e. The highest BCUT2D eigenvalue weighted by Crippen LogP contribution is 2.07. The van der Waals surface area contributed by atoms with Gasteiger partial charge in [0.05, 0.1) is 5.60 Å². The van der Waals surface area contributed by atoms with Crippen LogP contribution in [0.3, 0.4) is 0 Å². The van der Waals surface area contributed by atoms with E-state index in [2.05, 4.69) is 13.0 Å². The maximum atomic E-state index is 9.27. The average Bonchev–Trinajstić information content (AvgIpc) is 1.78. The highest BCUT2D eigenvalue weighted by Gasteiger charge is 2.07. The summed E-state index contributed by atoms with van der Waals surface area (Å²) in [6.07, 6.45) is 7.23. The molecule has 1 nitrogen and oxygen atoms in total. The minimum absolute atomic E-state index is 0.537. The molecule has 10 heavy (non-hydrogen) atoms. The lowest BCUT2D eigenvalue weighted by Crippen LogP contribution is -2.16. The molecule has 1 heteroatoms. The van der Waals surface area contributed by atoms with E-state index in [9.17, 15) is 5.11 Å². The highest BCUT2D eigenvalue weighted by molar-refractivity contribution is 4.86. The van der Waals surface area contributed by atoms with Crippen LogP contribution in [0.2, 0.25) is 0 Å². The predicted molar refractivity (Wildman–Crippen MR) is 45.0 cm³/mol. The quantitative estimate of drug-likeness (QED) is 0.598. The molecule has 0 saturated heterocycles. The zero-order chi connectivity index (χ0) is 8.04. The van der Waals surface area contributed by atoms with Gasteiger partial charge in [0.25, 0.3) is 0 Å². The fraction of sp³-hybridized carbons (Fsp3) is 0.778. The number of unbranched alkanes of at least 4 members (excludes halogenated alkanes) is 1. The van der Waals surface area contributed by atoms with Gasteiger partial charge >= 0.3 is 0 Å². The number of aliphatic hydroxyl groups is 1. The lowest BCUT2D eigenvalue weighted by atomic mass is 10.1. The molecule has 0 heterocycles. The van der Waals surface area contributed by atoms with Crippen LogP contribution in [0.1, 0.15) is 40.0 Å². The predicted octanol–water partition coefficient (Wildman–Crippen LogP) is 2.50. The molecule has 0 aliphatic heterocycles. The first kappa shape index (κ1) is 9.70. The van der Waals surface area contributed by atoms with Gasteiger partial charge in [-0.2, -0.15) is 0 Å². The van der Waals surface area contributed by atoms with Crippen LogP contribution in [0.25, 0.3) is 0 Å². The Kier molecular flexibility index (Phi) is 4.37. The summed E-state index contributed by atoms with van der Waals surface area (Å²) in [6, 6.07) is 0. The van der Waals surface area contributed by atoms with Crippen LogP contribution in [0.4, 0.5) is 0 Å². The van der Waals surface area contributed by atoms with Crippen molar-refractivity contribution < 1.29 is 5.11 Å². The standard InChI is InChI=1S/C9H18O/c1-4-5-6-7-8-9(2,3)10/h6-7,10H,4-5,8H2,1-3H3. The Balaban J connectivity index is 3.34. The van der Waals surface area contributed by atoms with E-state index < -0.39 is 5.60 Å². The lowest BCUT2D eigenvalue weighted by molar-refractivity contribution is 0.0838. The molecule has 0 aromatic rings. The molecule has 0 rings (SSSR count). The third-order valence-corrected chi connectivity index (χ3v) is 1.24. The second-order valence-electron chi connectivity index (χ2n) is 3.28. The Bertz CT molecular complexity index is 97.8. The van der Waals surface area contributed by atoms with Crippen molar-refractivity contribution in [3.05, 3.63) is 12.2 Å². The van der Waals surface area contributed by atoms with Crippen LogP contribution in [-0.4, -0.2) is 10.7 Å². The number of hydrogen-bond acceptors (Lipinski definition) is 1. The summed E-state index contributed by atoms with van der Waals surface area (Å²) < 4.78 is 0. The van der Waals surface area contributed by atoms with Crippen LogP contribution in [-0.2, 0) is 0 Å². The van der Waals surface area contributed by atoms with Crippen molar-refractivity contribution in [2.75, 3.05) is 0 Å². The minimum Gasteiger partial charge on any atom is -0.390 e. The van der Waals surface area contributed by atoms with Crippen LogP contribution in [0.15, 0.2) is 12.2 Å². The van der Waals surface area contributed by atoms with Crippen LogP contribution in [0, 0.1) is 0 Å². The van der Waals surface area contributed by atoms with Crippen molar-refractivity contribution >= 4 is 0 Å². The fourth-order valence-corrected chi connectivity index (χ4v) is 0.656. The Labute approximate surface area is 63.8 Å². The van der Waals surface area contributed by atoms with E-state index in [4.69, 9.17) is 0 Å². The number of hydrogen-bond donors (Lipinski definition) is 1. The Morgan fingerprint density at radius 1 is 1.30 bits per heavy atom. The molecule has 0 bridgehead atoms. The summed E-state index contributed by atoms with van der Waals surface area (Å²) in [5.74, 6) is 0. The molecule has 0 atom stereocenters. The minimum atomic E-state index is -0.537. The molecule has 0 fully saturated rings. The van der Waals surface area contributed by atoms with Crippen molar-refractivity contribution in [3.8, 4) is 0 Å². The Morgan fingerprint density at radius 2 is 1.90 bits per heavy atom. The molecule has 0 aromatic heterocycles. The first-order valence-corrected chi connectivity index (χ1v) is 3.93. The molecular weight excluding hydrogens is 124 g/mol. The summed E-state index contributed by atoms with van der Waals surface area (Å²) in [5.41, 5.74) is -0.537. The number of rotatable bonds is 4. The molecule has 0 amide bonds. The first-order chi connectivity index (χ1) is 4.56. The topological polar surface area (TPSA) is 20.2 Å². The SMILES string of the molecule is CCCC=CCC(C)(C)O. The average molecular weight is 142 g/mol. The summed E-state index contributed by atoms with van der Waals surface area (Å²) in [5, 5.41) is 9.27. The van der Waals surface area contributed by atoms with Gasteiger partial charge in [-0.05, 0) is 26.7 Å². The van der Waals surface area contributed by atoms with Crippen molar-refractivity contribution in [2.24, 2.45) is 0 Å². The molecule has 0 unspecified atom stereocenters. The van der Waals surface area contributed by atoms with E-state index >= 15 is 0 Å². The number of allylic oxidation sites excluding steroid dienone is 1. The summed E-state index contributed by atoms with van der Waals surface area (Å²) in [7, 11) is 0. The molecule has 0 saturated carbocycles. The van der Waals surface area contributed by atoms with Crippen LogP contribution >= 0.6 is 0 Å². The van der Waals surface area contributed by atoms with E-state index in [1.54, 1.807) is 0 Å². The zero-order valence-electron chi connectivity index (χ0n) is 7.22. The zero-order valence-corrected chi connectivity index (χ0v) is 7.22. The fourth-order valence-electron chi connectivity index (χ4n) is 0.656. The second-order valence-corrected chi connectivity index (χ2v) is 3.28. The van der Waals surface area contributed by atoms with Gasteiger partial charge in [0.1, 0.15) is 0 Å². The maximum absolute atomic E-state index is 9.27. The van der Waals surface area contributed by atoms with Gasteiger partial charge in [0, 0.05) is 0 Å². The van der Waals surface area contributed by atoms with Crippen molar-refractivity contribution in [3.63, 3.8) is 0 Å². The van der Waals surface area contributed by atoms with Crippen LogP contribution < -0.4 is 0 Å². The van der Waals surface area contributed by atoms with Gasteiger partial charge in [-0.3, -0.25) is 0 Å². The molecule has 0 spiro atoms. The van der Waals surface area contributed by atoms with E-state index in [0.717, 1.165) is 12.8 Å². The molecular formula is C9H18O. The van der Waals surface area contributed by atoms with Gasteiger partial charge in [-0.1, -0.05) is 25.5 Å². The van der Waals surface area contributed by atoms with Gasteiger partial charge in [-0.15, -0.1) is 0 Å². The second kappa shape index (κ2) is 4.51. The van der Waals surface area contributed by atoms with Crippen molar-refractivity contribution in [2.45, 2.75) is 45.6 Å². The van der Waals surface area contributed by atoms with Crippen molar-refractivity contribution in [1.29, 1.82) is 0 Å². The van der Waals surface area contributed by atoms with Crippen molar-refractivity contribution in [1.82, 2.24) is 0 Å². The summed E-state index contributed by atoms with van der Waals surface area (Å²) >= 11 is 0. The molecule has 0 aromatic carbocycles. The molecule has 1 N–H and O–H groups in total. The van der Waals surface area contributed by atoms with E-state index in [1.807, 2.05) is 19.9 Å². The van der Waals surface area contributed by atoms with Gasteiger partial charge < -0.3 is 5.11 Å². The largest absolute Gasteiger partial charge is 0.390 e. The molecule has 0 aliphatic carbocycles. The lowest BCUT2D eigenvalue weighted by Gasteiger charge is -2.13. The summed E-state index contributed by atoms with van der Waals surface area (Å²) in [6.45, 7) is 5.79. The first-order valence-electron chi connectivity index (χ1n) is 3.93. The normalized spacial score (nSPS) is 12.8. The van der Waals surface area contributed by atoms with E-state index in [-0.39, 0.29) is 0 Å². The Hall–Kier alpha value is -0.300. The van der Waals surface area contributed by atoms with E-state index in [0.29, 0.717) is 0 Å². The third-order valence-electron chi connectivity index (χ3n) is 1.24. The van der Waals surface area contributed by atoms with Gasteiger partial charge in [-0.25, -0.2) is 0 Å². The van der Waals surface area contributed by atoms with Gasteiger partial charge in [0.15, 0.2) is 0 Å². The highest BCUT2D eigenvalue weighted by atomic mass is 16.3. The van der Waals surface area contributed by atoms with Crippen LogP contribution in [0.5, 0.6) is 0 Å². The van der Waals surface area contributed by atoms with Gasteiger partial charge in [0.2, 0.25) is 0 Å². The van der Waals surface area contributed by atoms with E-state index in [1.165, 1.54) is 6.42 Å². The maximum Gasteiger partial charge on any atom is 0.0626 e. The monoisotopic (exact) mass is 142 g/mol. The molecule has 0 radical (unpaired) electrons. The summed E-state index contributed by atoms with van der Waals surface area (Å²) in [4.78, 5) is 0. The molecule has 0 aliphatic rings.